The maximum Gasteiger partial charge on any atom is 0.234 e. The Morgan fingerprint density at radius 2 is 2.08 bits per heavy atom. The summed E-state index contributed by atoms with van der Waals surface area (Å²) in [4.78, 5) is 10.8. The van der Waals surface area contributed by atoms with E-state index in [4.69, 9.17) is 11.6 Å². The highest BCUT2D eigenvalue weighted by Gasteiger charge is 2.01. The zero-order valence-corrected chi connectivity index (χ0v) is 7.29. The number of rotatable bonds is 3. The summed E-state index contributed by atoms with van der Waals surface area (Å²) in [6.45, 7) is 0. The monoisotopic (exact) mass is 179 g/mol. The summed E-state index contributed by atoms with van der Waals surface area (Å²) in [7, 11) is 0. The standard InChI is InChI=1S/C9H13N3O/c10-8-4-2-1-3-7(8)5-6-9(13)12-11/h1-4H,5-6,10-11H2,(H,12,13). The molecule has 0 saturated carbocycles. The van der Waals surface area contributed by atoms with Gasteiger partial charge in [-0.1, -0.05) is 18.2 Å². The molecule has 4 nitrogen and oxygen atoms in total. The summed E-state index contributed by atoms with van der Waals surface area (Å²) >= 11 is 0. The van der Waals surface area contributed by atoms with Gasteiger partial charge in [-0.25, -0.2) is 5.84 Å². The van der Waals surface area contributed by atoms with E-state index in [1.54, 1.807) is 0 Å². The number of hydrogen-bond donors (Lipinski definition) is 3. The highest BCUT2D eigenvalue weighted by molar-refractivity contribution is 5.75. The fourth-order valence-corrected chi connectivity index (χ4v) is 1.08. The van der Waals surface area contributed by atoms with E-state index in [2.05, 4.69) is 5.43 Å². The molecular formula is C9H13N3O. The number of hydrogen-bond acceptors (Lipinski definition) is 3. The normalized spacial score (nSPS) is 9.62. The van der Waals surface area contributed by atoms with Gasteiger partial charge in [0.15, 0.2) is 0 Å². The second kappa shape index (κ2) is 4.47. The fourth-order valence-electron chi connectivity index (χ4n) is 1.08. The van der Waals surface area contributed by atoms with E-state index in [9.17, 15) is 4.79 Å². The third-order valence-corrected chi connectivity index (χ3v) is 1.84. The number of benzene rings is 1. The number of aryl methyl sites for hydroxylation is 1. The third-order valence-electron chi connectivity index (χ3n) is 1.84. The second-order valence-corrected chi connectivity index (χ2v) is 2.77. The fraction of sp³-hybridized carbons (Fsp3) is 0.222. The quantitative estimate of drug-likeness (QED) is 0.268. The minimum absolute atomic E-state index is 0.178. The van der Waals surface area contributed by atoms with Gasteiger partial charge >= 0.3 is 0 Å². The van der Waals surface area contributed by atoms with Gasteiger partial charge in [-0.15, -0.1) is 0 Å². The van der Waals surface area contributed by atoms with E-state index in [0.29, 0.717) is 18.5 Å². The van der Waals surface area contributed by atoms with Gasteiger partial charge in [0.2, 0.25) is 5.91 Å². The number of carbonyl (C=O) groups excluding carboxylic acids is 1. The maximum atomic E-state index is 10.8. The van der Waals surface area contributed by atoms with Crippen LogP contribution in [0.4, 0.5) is 5.69 Å². The smallest absolute Gasteiger partial charge is 0.234 e. The minimum atomic E-state index is -0.178. The van der Waals surface area contributed by atoms with Gasteiger partial charge < -0.3 is 5.73 Å². The van der Waals surface area contributed by atoms with E-state index in [1.807, 2.05) is 24.3 Å². The van der Waals surface area contributed by atoms with Crippen LogP contribution >= 0.6 is 0 Å². The molecule has 0 bridgehead atoms. The molecule has 0 saturated heterocycles. The summed E-state index contributed by atoms with van der Waals surface area (Å²) < 4.78 is 0. The number of para-hydroxylation sites is 1. The van der Waals surface area contributed by atoms with Gasteiger partial charge in [-0.3, -0.25) is 10.2 Å². The average Bonchev–Trinajstić information content (AvgIpc) is 2.16. The molecule has 1 rings (SSSR count). The Balaban J connectivity index is 2.54. The lowest BCUT2D eigenvalue weighted by Crippen LogP contribution is -2.30. The number of amides is 1. The molecule has 0 aromatic heterocycles. The van der Waals surface area contributed by atoms with Crippen molar-refractivity contribution in [2.24, 2.45) is 5.84 Å². The lowest BCUT2D eigenvalue weighted by molar-refractivity contribution is -0.121. The Hall–Kier alpha value is -1.55. The van der Waals surface area contributed by atoms with E-state index in [0.717, 1.165) is 5.56 Å². The van der Waals surface area contributed by atoms with Crippen LogP contribution in [0, 0.1) is 0 Å². The molecule has 1 aromatic rings. The van der Waals surface area contributed by atoms with Gasteiger partial charge in [0.25, 0.3) is 0 Å². The molecule has 0 aliphatic heterocycles. The Morgan fingerprint density at radius 1 is 1.38 bits per heavy atom. The number of nitrogen functional groups attached to an aromatic ring is 1. The number of carbonyl (C=O) groups is 1. The number of nitrogens with two attached hydrogens (primary N) is 2. The topological polar surface area (TPSA) is 81.1 Å². The first kappa shape index (κ1) is 9.54. The van der Waals surface area contributed by atoms with Crippen LogP contribution in [0.5, 0.6) is 0 Å². The Kier molecular flexibility index (Phi) is 3.28. The van der Waals surface area contributed by atoms with E-state index in [1.165, 1.54) is 0 Å². The Morgan fingerprint density at radius 3 is 2.69 bits per heavy atom. The zero-order valence-electron chi connectivity index (χ0n) is 7.29. The van der Waals surface area contributed by atoms with Gasteiger partial charge in [0, 0.05) is 12.1 Å². The molecule has 1 amide bonds. The molecule has 0 atom stereocenters. The largest absolute Gasteiger partial charge is 0.399 e. The van der Waals surface area contributed by atoms with Crippen LogP contribution < -0.4 is 17.0 Å². The molecule has 0 aliphatic rings. The molecule has 0 aliphatic carbocycles. The van der Waals surface area contributed by atoms with Crippen molar-refractivity contribution in [1.82, 2.24) is 5.43 Å². The first-order chi connectivity index (χ1) is 6.24. The zero-order chi connectivity index (χ0) is 9.68. The summed E-state index contributed by atoms with van der Waals surface area (Å²) in [5.41, 5.74) is 9.45. The molecule has 0 radical (unpaired) electrons. The summed E-state index contributed by atoms with van der Waals surface area (Å²) in [6.07, 6.45) is 0.987. The van der Waals surface area contributed by atoms with E-state index < -0.39 is 0 Å². The Bertz CT molecular complexity index is 299. The first-order valence-electron chi connectivity index (χ1n) is 4.07. The molecule has 70 valence electrons. The number of nitrogens with one attached hydrogen (secondary N) is 1. The van der Waals surface area contributed by atoms with Gasteiger partial charge in [-0.05, 0) is 18.1 Å². The van der Waals surface area contributed by atoms with Gasteiger partial charge in [0.05, 0.1) is 0 Å². The van der Waals surface area contributed by atoms with Gasteiger partial charge in [0.1, 0.15) is 0 Å². The molecule has 0 unspecified atom stereocenters. The minimum Gasteiger partial charge on any atom is -0.399 e. The molecule has 0 fully saturated rings. The highest BCUT2D eigenvalue weighted by atomic mass is 16.2. The van der Waals surface area contributed by atoms with Crippen molar-refractivity contribution < 1.29 is 4.79 Å². The lowest BCUT2D eigenvalue weighted by atomic mass is 10.1. The molecule has 1 aromatic carbocycles. The van der Waals surface area contributed by atoms with E-state index in [-0.39, 0.29) is 5.91 Å². The van der Waals surface area contributed by atoms with Crippen molar-refractivity contribution >= 4 is 11.6 Å². The number of anilines is 1. The predicted octanol–water partition coefficient (Wildman–Crippen LogP) is 0.191. The van der Waals surface area contributed by atoms with Crippen molar-refractivity contribution in [2.45, 2.75) is 12.8 Å². The van der Waals surface area contributed by atoms with Gasteiger partial charge in [-0.2, -0.15) is 0 Å². The van der Waals surface area contributed by atoms with Crippen LogP contribution in [0.2, 0.25) is 0 Å². The van der Waals surface area contributed by atoms with E-state index >= 15 is 0 Å². The van der Waals surface area contributed by atoms with Crippen LogP contribution in [0.25, 0.3) is 0 Å². The molecule has 0 heterocycles. The van der Waals surface area contributed by atoms with Crippen LogP contribution in [0.3, 0.4) is 0 Å². The summed E-state index contributed by atoms with van der Waals surface area (Å²) in [5.74, 6) is 4.77. The number of hydrazine groups is 1. The second-order valence-electron chi connectivity index (χ2n) is 2.77. The Labute approximate surface area is 76.9 Å². The summed E-state index contributed by atoms with van der Waals surface area (Å²) in [6, 6.07) is 7.47. The molecule has 0 spiro atoms. The van der Waals surface area contributed by atoms with Crippen molar-refractivity contribution in [1.29, 1.82) is 0 Å². The third kappa shape index (κ3) is 2.76. The maximum absolute atomic E-state index is 10.8. The SMILES string of the molecule is NNC(=O)CCc1ccccc1N. The predicted molar refractivity (Wildman–Crippen MR) is 51.5 cm³/mol. The van der Waals surface area contributed by atoms with Crippen molar-refractivity contribution in [3.8, 4) is 0 Å². The molecule has 5 N–H and O–H groups in total. The lowest BCUT2D eigenvalue weighted by Gasteiger charge is -2.03. The van der Waals surface area contributed by atoms with Crippen molar-refractivity contribution in [3.05, 3.63) is 29.8 Å². The highest BCUT2D eigenvalue weighted by Crippen LogP contribution is 2.12. The average molecular weight is 179 g/mol. The van der Waals surface area contributed by atoms with Crippen LogP contribution in [-0.4, -0.2) is 5.91 Å². The van der Waals surface area contributed by atoms with Crippen LogP contribution in [-0.2, 0) is 11.2 Å². The van der Waals surface area contributed by atoms with Crippen molar-refractivity contribution in [2.75, 3.05) is 5.73 Å². The first-order valence-corrected chi connectivity index (χ1v) is 4.07. The van der Waals surface area contributed by atoms with Crippen molar-refractivity contribution in [3.63, 3.8) is 0 Å². The summed E-state index contributed by atoms with van der Waals surface area (Å²) in [5, 5.41) is 0. The molecule has 4 heteroatoms. The van der Waals surface area contributed by atoms with Crippen LogP contribution in [0.15, 0.2) is 24.3 Å². The van der Waals surface area contributed by atoms with Crippen LogP contribution in [0.1, 0.15) is 12.0 Å². The molecule has 13 heavy (non-hydrogen) atoms. The molecular weight excluding hydrogens is 166 g/mol.